The molecule has 1 aromatic heterocycles. The smallest absolute Gasteiger partial charge is 0.310 e. The van der Waals surface area contributed by atoms with E-state index in [4.69, 9.17) is 16.3 Å². The van der Waals surface area contributed by atoms with Gasteiger partial charge in [-0.3, -0.25) is 14.9 Å². The second kappa shape index (κ2) is 8.48. The van der Waals surface area contributed by atoms with Crippen LogP contribution in [0.2, 0.25) is 5.02 Å². The van der Waals surface area contributed by atoms with Gasteiger partial charge in [-0.05, 0) is 30.3 Å². The third kappa shape index (κ3) is 4.24. The summed E-state index contributed by atoms with van der Waals surface area (Å²) in [5.41, 5.74) is 1.91. The number of ether oxygens (including phenoxy) is 1. The van der Waals surface area contributed by atoms with Crippen molar-refractivity contribution in [2.24, 2.45) is 0 Å². The first-order chi connectivity index (χ1) is 14.5. The number of fused-ring (bicyclic) bond motifs is 1. The summed E-state index contributed by atoms with van der Waals surface area (Å²) in [6.07, 6.45) is 0. The fourth-order valence-corrected chi connectivity index (χ4v) is 3.94. The third-order valence-corrected chi connectivity index (χ3v) is 5.62. The maximum Gasteiger partial charge on any atom is 0.310 e. The van der Waals surface area contributed by atoms with Crippen LogP contribution in [0.5, 0.6) is 5.75 Å². The molecule has 7 nitrogen and oxygen atoms in total. The van der Waals surface area contributed by atoms with Gasteiger partial charge in [-0.2, -0.15) is 0 Å². The fraction of sp³-hybridized carbons (Fsp3) is 0.0476. The molecule has 0 saturated heterocycles. The van der Waals surface area contributed by atoms with E-state index in [2.05, 4.69) is 10.3 Å². The Balaban J connectivity index is 1.50. The van der Waals surface area contributed by atoms with E-state index in [9.17, 15) is 14.9 Å². The molecule has 4 rings (SSSR count). The van der Waals surface area contributed by atoms with Crippen LogP contribution in [0.1, 0.15) is 0 Å². The van der Waals surface area contributed by atoms with E-state index < -0.39 is 17.4 Å². The molecule has 4 aromatic rings. The first-order valence-corrected chi connectivity index (χ1v) is 10.0. The number of hydrogen-bond acceptors (Lipinski definition) is 6. The Morgan fingerprint density at radius 1 is 1.13 bits per heavy atom. The molecule has 9 heteroatoms. The van der Waals surface area contributed by atoms with E-state index >= 15 is 0 Å². The molecule has 0 atom stereocenters. The van der Waals surface area contributed by atoms with Crippen LogP contribution in [0.15, 0.2) is 66.7 Å². The Labute approximate surface area is 180 Å². The van der Waals surface area contributed by atoms with E-state index in [1.807, 2.05) is 30.3 Å². The first-order valence-electron chi connectivity index (χ1n) is 8.83. The van der Waals surface area contributed by atoms with Gasteiger partial charge in [-0.25, -0.2) is 4.98 Å². The number of benzene rings is 3. The number of nitrogens with zero attached hydrogens (tertiary/aromatic N) is 2. The number of carbonyl (C=O) groups is 1. The highest BCUT2D eigenvalue weighted by molar-refractivity contribution is 7.21. The Hall–Kier alpha value is -3.49. The zero-order chi connectivity index (χ0) is 21.1. The monoisotopic (exact) mass is 439 g/mol. The van der Waals surface area contributed by atoms with Crippen molar-refractivity contribution >= 4 is 50.4 Å². The highest BCUT2D eigenvalue weighted by Crippen LogP contribution is 2.34. The van der Waals surface area contributed by atoms with E-state index in [-0.39, 0.29) is 11.4 Å². The van der Waals surface area contributed by atoms with Gasteiger partial charge in [0.2, 0.25) is 0 Å². The largest absolute Gasteiger partial charge is 0.477 e. The summed E-state index contributed by atoms with van der Waals surface area (Å²) < 4.78 is 6.38. The summed E-state index contributed by atoms with van der Waals surface area (Å²) in [7, 11) is 0. The Morgan fingerprint density at radius 2 is 1.90 bits per heavy atom. The molecule has 0 spiro atoms. The van der Waals surface area contributed by atoms with Crippen molar-refractivity contribution in [1.29, 1.82) is 0 Å². The molecular weight excluding hydrogens is 426 g/mol. The Bertz CT molecular complexity index is 1220. The van der Waals surface area contributed by atoms with Crippen LogP contribution in [0, 0.1) is 10.1 Å². The molecule has 0 radical (unpaired) electrons. The molecule has 0 saturated carbocycles. The van der Waals surface area contributed by atoms with Crippen molar-refractivity contribution in [2.45, 2.75) is 0 Å². The second-order valence-corrected chi connectivity index (χ2v) is 7.68. The molecule has 150 valence electrons. The molecule has 0 aliphatic carbocycles. The molecule has 30 heavy (non-hydrogen) atoms. The van der Waals surface area contributed by atoms with E-state index in [0.717, 1.165) is 20.8 Å². The number of anilines is 1. The maximum atomic E-state index is 12.3. The molecule has 0 fully saturated rings. The lowest BCUT2D eigenvalue weighted by molar-refractivity contribution is -0.385. The van der Waals surface area contributed by atoms with Gasteiger partial charge in [-0.15, -0.1) is 11.3 Å². The van der Waals surface area contributed by atoms with E-state index in [1.54, 1.807) is 29.5 Å². The van der Waals surface area contributed by atoms with Crippen LogP contribution in [-0.4, -0.2) is 22.4 Å². The summed E-state index contributed by atoms with van der Waals surface area (Å²) in [4.78, 5) is 27.4. The minimum absolute atomic E-state index is 0.0203. The van der Waals surface area contributed by atoms with Crippen LogP contribution < -0.4 is 10.1 Å². The van der Waals surface area contributed by atoms with Crippen molar-refractivity contribution in [2.75, 3.05) is 11.9 Å². The Morgan fingerprint density at radius 3 is 2.70 bits per heavy atom. The summed E-state index contributed by atoms with van der Waals surface area (Å²) in [6.45, 7) is -0.396. The number of nitro benzene ring substituents is 1. The first kappa shape index (κ1) is 19.8. The molecule has 1 heterocycles. The molecule has 1 N–H and O–H groups in total. The zero-order valence-corrected chi connectivity index (χ0v) is 16.9. The van der Waals surface area contributed by atoms with Gasteiger partial charge in [-0.1, -0.05) is 41.9 Å². The lowest BCUT2D eigenvalue weighted by Crippen LogP contribution is -2.20. The van der Waals surface area contributed by atoms with Gasteiger partial charge >= 0.3 is 5.69 Å². The van der Waals surface area contributed by atoms with Crippen LogP contribution in [0.3, 0.4) is 0 Å². The fourth-order valence-electron chi connectivity index (χ4n) is 2.81. The third-order valence-electron chi connectivity index (χ3n) is 4.20. The molecule has 3 aromatic carbocycles. The number of hydrogen-bond donors (Lipinski definition) is 1. The summed E-state index contributed by atoms with van der Waals surface area (Å²) in [5.74, 6) is -0.469. The number of nitro groups is 1. The van der Waals surface area contributed by atoms with Crippen molar-refractivity contribution in [3.8, 4) is 16.3 Å². The predicted molar refractivity (Wildman–Crippen MR) is 117 cm³/mol. The maximum absolute atomic E-state index is 12.3. The summed E-state index contributed by atoms with van der Waals surface area (Å²) in [5, 5.41) is 14.9. The number of halogens is 1. The minimum atomic E-state index is -0.564. The predicted octanol–water partition coefficient (Wildman–Crippen LogP) is 5.54. The average Bonchev–Trinajstić information content (AvgIpc) is 3.18. The second-order valence-electron chi connectivity index (χ2n) is 6.24. The highest BCUT2D eigenvalue weighted by Gasteiger charge is 2.16. The number of thiazole rings is 1. The molecule has 0 bridgehead atoms. The van der Waals surface area contributed by atoms with Gasteiger partial charge in [0.05, 0.1) is 25.8 Å². The van der Waals surface area contributed by atoms with Crippen molar-refractivity contribution in [1.82, 2.24) is 4.98 Å². The van der Waals surface area contributed by atoms with E-state index in [0.29, 0.717) is 10.7 Å². The quantitative estimate of drug-likeness (QED) is 0.314. The SMILES string of the molecule is O=C(COc1ccccc1[N+](=O)[O-])Nc1cc(-c2nc3ccccc3s2)ccc1Cl. The molecule has 0 unspecified atom stereocenters. The normalized spacial score (nSPS) is 10.7. The van der Waals surface area contributed by atoms with Crippen LogP contribution >= 0.6 is 22.9 Å². The van der Waals surface area contributed by atoms with Crippen molar-refractivity contribution < 1.29 is 14.5 Å². The summed E-state index contributed by atoms with van der Waals surface area (Å²) in [6, 6.07) is 18.9. The van der Waals surface area contributed by atoms with Crippen LogP contribution in [-0.2, 0) is 4.79 Å². The zero-order valence-electron chi connectivity index (χ0n) is 15.4. The minimum Gasteiger partial charge on any atom is -0.477 e. The molecular formula is C21H14ClN3O4S. The highest BCUT2D eigenvalue weighted by atomic mass is 35.5. The van der Waals surface area contributed by atoms with E-state index in [1.165, 1.54) is 18.2 Å². The van der Waals surface area contributed by atoms with Gasteiger partial charge in [0.25, 0.3) is 5.91 Å². The number of carbonyl (C=O) groups excluding carboxylic acids is 1. The van der Waals surface area contributed by atoms with Gasteiger partial charge in [0.1, 0.15) is 5.01 Å². The standard InChI is InChI=1S/C21H14ClN3O4S/c22-14-10-9-13(21-24-15-5-1-4-8-19(15)30-21)11-16(14)23-20(26)12-29-18-7-3-2-6-17(18)25(27)28/h1-11H,12H2,(H,23,26). The lowest BCUT2D eigenvalue weighted by atomic mass is 10.2. The molecule has 1 amide bonds. The topological polar surface area (TPSA) is 94.4 Å². The van der Waals surface area contributed by atoms with Crippen LogP contribution in [0.25, 0.3) is 20.8 Å². The number of rotatable bonds is 6. The number of nitrogens with one attached hydrogen (secondary N) is 1. The average molecular weight is 440 g/mol. The number of amides is 1. The van der Waals surface area contributed by atoms with Crippen molar-refractivity contribution in [3.05, 3.63) is 81.9 Å². The van der Waals surface area contributed by atoms with Crippen LogP contribution in [0.4, 0.5) is 11.4 Å². The molecule has 0 aliphatic heterocycles. The Kier molecular flexibility index (Phi) is 5.60. The van der Waals surface area contributed by atoms with Gasteiger partial charge in [0.15, 0.2) is 12.4 Å². The molecule has 0 aliphatic rings. The summed E-state index contributed by atoms with van der Waals surface area (Å²) >= 11 is 7.77. The number of aromatic nitrogens is 1. The lowest BCUT2D eigenvalue weighted by Gasteiger charge is -2.10. The van der Waals surface area contributed by atoms with Gasteiger partial charge < -0.3 is 10.1 Å². The van der Waals surface area contributed by atoms with Gasteiger partial charge in [0, 0.05) is 11.6 Å². The van der Waals surface area contributed by atoms with Crippen molar-refractivity contribution in [3.63, 3.8) is 0 Å². The number of para-hydroxylation sites is 3.